The lowest BCUT2D eigenvalue weighted by Gasteiger charge is -2.27. The Morgan fingerprint density at radius 2 is 1.83 bits per heavy atom. The molecule has 1 aromatic carbocycles. The van der Waals surface area contributed by atoms with Crippen molar-refractivity contribution in [2.75, 3.05) is 26.7 Å². The molecule has 18 heavy (non-hydrogen) atoms. The van der Waals surface area contributed by atoms with Crippen molar-refractivity contribution in [3.63, 3.8) is 0 Å². The molecule has 0 heterocycles. The molecule has 0 spiro atoms. The zero-order valence-electron chi connectivity index (χ0n) is 10.7. The maximum absolute atomic E-state index is 12.4. The van der Waals surface area contributed by atoms with E-state index in [4.69, 9.17) is 0 Å². The van der Waals surface area contributed by atoms with Gasteiger partial charge in [0, 0.05) is 12.6 Å². The molecule has 0 fully saturated rings. The highest BCUT2D eigenvalue weighted by Crippen LogP contribution is 2.19. The fourth-order valence-electron chi connectivity index (χ4n) is 1.87. The zero-order chi connectivity index (χ0) is 13.6. The summed E-state index contributed by atoms with van der Waals surface area (Å²) in [4.78, 5) is 1.40. The van der Waals surface area contributed by atoms with Crippen LogP contribution in [-0.2, 0) is 0 Å². The number of halogens is 3. The molecular formula is C13H19F3N2. The first-order valence-electron chi connectivity index (χ1n) is 5.97. The third-order valence-corrected chi connectivity index (χ3v) is 2.84. The highest BCUT2D eigenvalue weighted by atomic mass is 19.4. The molecule has 1 atom stereocenters. The number of alkyl halides is 3. The van der Waals surface area contributed by atoms with E-state index in [0.29, 0.717) is 13.1 Å². The Labute approximate surface area is 106 Å². The van der Waals surface area contributed by atoms with Crippen molar-refractivity contribution >= 4 is 0 Å². The Morgan fingerprint density at radius 1 is 1.22 bits per heavy atom. The predicted molar refractivity (Wildman–Crippen MR) is 66.4 cm³/mol. The first-order valence-corrected chi connectivity index (χ1v) is 5.97. The van der Waals surface area contributed by atoms with Crippen LogP contribution in [0.25, 0.3) is 0 Å². The van der Waals surface area contributed by atoms with Gasteiger partial charge in [-0.25, -0.2) is 0 Å². The lowest BCUT2D eigenvalue weighted by molar-refractivity contribution is -0.146. The van der Waals surface area contributed by atoms with Crippen LogP contribution < -0.4 is 5.32 Å². The summed E-state index contributed by atoms with van der Waals surface area (Å²) < 4.78 is 37.2. The molecule has 0 aromatic heterocycles. The van der Waals surface area contributed by atoms with Gasteiger partial charge in [-0.15, -0.1) is 0 Å². The smallest absolute Gasteiger partial charge is 0.312 e. The maximum Gasteiger partial charge on any atom is 0.401 e. The Morgan fingerprint density at radius 3 is 2.28 bits per heavy atom. The van der Waals surface area contributed by atoms with Crippen molar-refractivity contribution in [2.45, 2.75) is 19.1 Å². The van der Waals surface area contributed by atoms with Gasteiger partial charge in [0.05, 0.1) is 6.54 Å². The SMILES string of the molecule is CCN(CC(NC)c1ccccc1)CC(F)(F)F. The molecule has 1 unspecified atom stereocenters. The van der Waals surface area contributed by atoms with Gasteiger partial charge in [-0.3, -0.25) is 4.90 Å². The van der Waals surface area contributed by atoms with Gasteiger partial charge in [0.2, 0.25) is 0 Å². The van der Waals surface area contributed by atoms with Crippen molar-refractivity contribution in [2.24, 2.45) is 0 Å². The normalized spacial score (nSPS) is 13.9. The number of nitrogens with zero attached hydrogens (tertiary/aromatic N) is 1. The molecule has 0 saturated carbocycles. The predicted octanol–water partition coefficient (Wildman–Crippen LogP) is 2.83. The van der Waals surface area contributed by atoms with Crippen LogP contribution in [0.2, 0.25) is 0 Å². The summed E-state index contributed by atoms with van der Waals surface area (Å²) in [5.41, 5.74) is 1.00. The summed E-state index contributed by atoms with van der Waals surface area (Å²) in [5.74, 6) is 0. The topological polar surface area (TPSA) is 15.3 Å². The van der Waals surface area contributed by atoms with Crippen LogP contribution in [0.4, 0.5) is 13.2 Å². The van der Waals surface area contributed by atoms with Gasteiger partial charge >= 0.3 is 6.18 Å². The van der Waals surface area contributed by atoms with Gasteiger partial charge < -0.3 is 5.32 Å². The van der Waals surface area contributed by atoms with E-state index in [1.807, 2.05) is 30.3 Å². The molecule has 0 amide bonds. The van der Waals surface area contributed by atoms with Crippen molar-refractivity contribution in [3.05, 3.63) is 35.9 Å². The summed E-state index contributed by atoms with van der Waals surface area (Å²) in [6, 6.07) is 9.42. The van der Waals surface area contributed by atoms with Crippen molar-refractivity contribution < 1.29 is 13.2 Å². The first-order chi connectivity index (χ1) is 8.46. The number of hydrogen-bond acceptors (Lipinski definition) is 2. The molecule has 2 nitrogen and oxygen atoms in total. The standard InChI is InChI=1S/C13H19F3N2/c1-3-18(10-13(14,15)16)9-12(17-2)11-7-5-4-6-8-11/h4-8,12,17H,3,9-10H2,1-2H3. The lowest BCUT2D eigenvalue weighted by Crippen LogP contribution is -2.39. The molecule has 0 radical (unpaired) electrons. The highest BCUT2D eigenvalue weighted by molar-refractivity contribution is 5.19. The quantitative estimate of drug-likeness (QED) is 0.846. The first kappa shape index (κ1) is 15.0. The average molecular weight is 260 g/mol. The minimum atomic E-state index is -4.15. The minimum absolute atomic E-state index is 0.0894. The molecule has 0 aliphatic rings. The number of rotatable bonds is 6. The molecule has 1 rings (SSSR count). The number of nitrogens with one attached hydrogen (secondary N) is 1. The summed E-state index contributed by atoms with van der Waals surface area (Å²) in [5, 5.41) is 3.06. The van der Waals surface area contributed by atoms with Crippen LogP contribution in [0.5, 0.6) is 0 Å². The van der Waals surface area contributed by atoms with Gasteiger partial charge in [-0.2, -0.15) is 13.2 Å². The molecule has 102 valence electrons. The minimum Gasteiger partial charge on any atom is -0.312 e. The molecule has 5 heteroatoms. The molecule has 0 bridgehead atoms. The van der Waals surface area contributed by atoms with Gasteiger partial charge in [-0.1, -0.05) is 37.3 Å². The molecule has 0 aliphatic heterocycles. The second-order valence-electron chi connectivity index (χ2n) is 4.19. The zero-order valence-corrected chi connectivity index (χ0v) is 10.7. The van der Waals surface area contributed by atoms with E-state index in [-0.39, 0.29) is 6.04 Å². The third kappa shape index (κ3) is 5.06. The van der Waals surface area contributed by atoms with Gasteiger partial charge in [0.25, 0.3) is 0 Å². The monoisotopic (exact) mass is 260 g/mol. The van der Waals surface area contributed by atoms with E-state index in [2.05, 4.69) is 5.32 Å². The lowest BCUT2D eigenvalue weighted by atomic mass is 10.1. The number of benzene rings is 1. The van der Waals surface area contributed by atoms with Crippen LogP contribution in [-0.4, -0.2) is 37.8 Å². The molecule has 1 N–H and O–H groups in total. The van der Waals surface area contributed by atoms with Gasteiger partial charge in [-0.05, 0) is 19.2 Å². The van der Waals surface area contributed by atoms with Crippen LogP contribution in [0, 0.1) is 0 Å². The van der Waals surface area contributed by atoms with Crippen molar-refractivity contribution in [3.8, 4) is 0 Å². The molecule has 0 aliphatic carbocycles. The van der Waals surface area contributed by atoms with Crippen LogP contribution in [0.1, 0.15) is 18.5 Å². The third-order valence-electron chi connectivity index (χ3n) is 2.84. The second kappa shape index (κ2) is 6.75. The Hall–Kier alpha value is -1.07. The van der Waals surface area contributed by atoms with E-state index < -0.39 is 12.7 Å². The summed E-state index contributed by atoms with van der Waals surface area (Å²) in [7, 11) is 1.76. The average Bonchev–Trinajstić information content (AvgIpc) is 2.34. The fourth-order valence-corrected chi connectivity index (χ4v) is 1.87. The summed E-state index contributed by atoms with van der Waals surface area (Å²) in [6.07, 6.45) is -4.15. The number of hydrogen-bond donors (Lipinski definition) is 1. The van der Waals surface area contributed by atoms with Gasteiger partial charge in [0.1, 0.15) is 0 Å². The molecular weight excluding hydrogens is 241 g/mol. The van der Waals surface area contributed by atoms with Crippen LogP contribution in [0.15, 0.2) is 30.3 Å². The largest absolute Gasteiger partial charge is 0.401 e. The van der Waals surface area contributed by atoms with E-state index in [9.17, 15) is 13.2 Å². The van der Waals surface area contributed by atoms with Gasteiger partial charge in [0.15, 0.2) is 0 Å². The van der Waals surface area contributed by atoms with E-state index in [1.165, 1.54) is 4.90 Å². The van der Waals surface area contributed by atoms with E-state index >= 15 is 0 Å². The van der Waals surface area contributed by atoms with E-state index in [1.54, 1.807) is 14.0 Å². The summed E-state index contributed by atoms with van der Waals surface area (Å²) >= 11 is 0. The Bertz CT molecular complexity index is 338. The fraction of sp³-hybridized carbons (Fsp3) is 0.538. The maximum atomic E-state index is 12.4. The summed E-state index contributed by atoms with van der Waals surface area (Å²) in [6.45, 7) is 1.60. The van der Waals surface area contributed by atoms with Crippen molar-refractivity contribution in [1.29, 1.82) is 0 Å². The van der Waals surface area contributed by atoms with Crippen LogP contribution >= 0.6 is 0 Å². The molecule has 0 saturated heterocycles. The Kier molecular flexibility index (Phi) is 5.62. The Balaban J connectivity index is 2.67. The second-order valence-corrected chi connectivity index (χ2v) is 4.19. The highest BCUT2D eigenvalue weighted by Gasteiger charge is 2.30. The van der Waals surface area contributed by atoms with E-state index in [0.717, 1.165) is 5.56 Å². The van der Waals surface area contributed by atoms with Crippen molar-refractivity contribution in [1.82, 2.24) is 10.2 Å². The number of likely N-dealkylation sites (N-methyl/N-ethyl adjacent to an activating group) is 2. The molecule has 1 aromatic rings. The van der Waals surface area contributed by atoms with Crippen LogP contribution in [0.3, 0.4) is 0 Å².